The summed E-state index contributed by atoms with van der Waals surface area (Å²) in [7, 11) is 7.08. The first-order valence-electron chi connectivity index (χ1n) is 9.48. The summed E-state index contributed by atoms with van der Waals surface area (Å²) in [6.45, 7) is 3.57. The summed E-state index contributed by atoms with van der Waals surface area (Å²) in [5.41, 5.74) is 2.32. The lowest BCUT2D eigenvalue weighted by atomic mass is 10.2. The largest absolute Gasteiger partial charge is 0.497 e. The fourth-order valence-corrected chi connectivity index (χ4v) is 3.45. The predicted octanol–water partition coefficient (Wildman–Crippen LogP) is 1.99. The van der Waals surface area contributed by atoms with Crippen molar-refractivity contribution in [3.05, 3.63) is 41.7 Å². The fourth-order valence-electron chi connectivity index (χ4n) is 3.45. The van der Waals surface area contributed by atoms with Crippen molar-refractivity contribution < 1.29 is 9.47 Å². The number of hydrogen-bond acceptors (Lipinski definition) is 5. The highest BCUT2D eigenvalue weighted by molar-refractivity contribution is 14.0. The third-order valence-corrected chi connectivity index (χ3v) is 4.87. The molecule has 1 atom stereocenters. The highest BCUT2D eigenvalue weighted by Crippen LogP contribution is 2.24. The summed E-state index contributed by atoms with van der Waals surface area (Å²) in [6.07, 6.45) is 4.94. The SMILES string of the molecule is CN=C(NCc1cnn(C)c1)NC1CCN(Cc2cc(OC)cc(OC)c2)C1.I. The van der Waals surface area contributed by atoms with Gasteiger partial charge >= 0.3 is 0 Å². The van der Waals surface area contributed by atoms with Crippen LogP contribution in [0, 0.1) is 0 Å². The van der Waals surface area contributed by atoms with Crippen LogP contribution in [0.3, 0.4) is 0 Å². The van der Waals surface area contributed by atoms with Crippen LogP contribution >= 0.6 is 24.0 Å². The third-order valence-electron chi connectivity index (χ3n) is 4.87. The van der Waals surface area contributed by atoms with Gasteiger partial charge in [-0.3, -0.25) is 14.6 Å². The van der Waals surface area contributed by atoms with Crippen molar-refractivity contribution in [3.63, 3.8) is 0 Å². The van der Waals surface area contributed by atoms with Crippen molar-refractivity contribution in [1.82, 2.24) is 25.3 Å². The van der Waals surface area contributed by atoms with Gasteiger partial charge in [0.1, 0.15) is 11.5 Å². The molecule has 1 aliphatic heterocycles. The first kappa shape index (κ1) is 23.3. The third kappa shape index (κ3) is 6.77. The summed E-state index contributed by atoms with van der Waals surface area (Å²) >= 11 is 0. The molecule has 1 unspecified atom stereocenters. The summed E-state index contributed by atoms with van der Waals surface area (Å²) in [4.78, 5) is 6.77. The Morgan fingerprint density at radius 1 is 1.21 bits per heavy atom. The van der Waals surface area contributed by atoms with E-state index in [-0.39, 0.29) is 24.0 Å². The minimum Gasteiger partial charge on any atom is -0.497 e. The van der Waals surface area contributed by atoms with Gasteiger partial charge in [0, 0.05) is 64.1 Å². The van der Waals surface area contributed by atoms with Crippen LogP contribution in [0.4, 0.5) is 0 Å². The molecule has 29 heavy (non-hydrogen) atoms. The van der Waals surface area contributed by atoms with E-state index in [2.05, 4.69) is 37.8 Å². The molecule has 2 heterocycles. The number of nitrogens with zero attached hydrogens (tertiary/aromatic N) is 4. The van der Waals surface area contributed by atoms with Crippen molar-refractivity contribution in [3.8, 4) is 11.5 Å². The number of aromatic nitrogens is 2. The molecule has 0 saturated carbocycles. The lowest BCUT2D eigenvalue weighted by Gasteiger charge is -2.19. The monoisotopic (exact) mass is 514 g/mol. The molecule has 0 radical (unpaired) electrons. The smallest absolute Gasteiger partial charge is 0.191 e. The van der Waals surface area contributed by atoms with Crippen LogP contribution in [0.25, 0.3) is 0 Å². The van der Waals surface area contributed by atoms with Gasteiger partial charge in [0.2, 0.25) is 0 Å². The number of hydrogen-bond donors (Lipinski definition) is 2. The number of aryl methyl sites for hydroxylation is 1. The molecule has 2 N–H and O–H groups in total. The average molecular weight is 514 g/mol. The van der Waals surface area contributed by atoms with Crippen LogP contribution in [0.2, 0.25) is 0 Å². The van der Waals surface area contributed by atoms with Crippen LogP contribution in [0.15, 0.2) is 35.6 Å². The number of rotatable bonds is 7. The van der Waals surface area contributed by atoms with Gasteiger partial charge < -0.3 is 20.1 Å². The topological polar surface area (TPSA) is 75.9 Å². The first-order chi connectivity index (χ1) is 13.6. The van der Waals surface area contributed by atoms with E-state index in [0.29, 0.717) is 12.6 Å². The van der Waals surface area contributed by atoms with Crippen molar-refractivity contribution in [1.29, 1.82) is 0 Å². The molecule has 0 spiro atoms. The number of benzene rings is 1. The fraction of sp³-hybridized carbons (Fsp3) is 0.500. The van der Waals surface area contributed by atoms with E-state index in [1.165, 1.54) is 5.56 Å². The van der Waals surface area contributed by atoms with Crippen LogP contribution in [0.5, 0.6) is 11.5 Å². The molecule has 9 heteroatoms. The Bertz CT molecular complexity index is 788. The molecule has 8 nitrogen and oxygen atoms in total. The van der Waals surface area contributed by atoms with E-state index in [0.717, 1.165) is 49.1 Å². The summed E-state index contributed by atoms with van der Waals surface area (Å²) in [5.74, 6) is 2.46. The van der Waals surface area contributed by atoms with Crippen LogP contribution < -0.4 is 20.1 Å². The first-order valence-corrected chi connectivity index (χ1v) is 9.48. The second kappa shape index (κ2) is 11.2. The second-order valence-corrected chi connectivity index (χ2v) is 7.03. The van der Waals surface area contributed by atoms with Gasteiger partial charge in [0.05, 0.1) is 20.4 Å². The van der Waals surface area contributed by atoms with Crippen molar-refractivity contribution in [2.75, 3.05) is 34.4 Å². The van der Waals surface area contributed by atoms with Crippen LogP contribution in [0.1, 0.15) is 17.5 Å². The van der Waals surface area contributed by atoms with Crippen LogP contribution in [-0.2, 0) is 20.1 Å². The minimum atomic E-state index is 0. The van der Waals surface area contributed by atoms with Crippen molar-refractivity contribution >= 4 is 29.9 Å². The molecular formula is C20H31IN6O2. The van der Waals surface area contributed by atoms with Gasteiger partial charge in [-0.2, -0.15) is 5.10 Å². The van der Waals surface area contributed by atoms with E-state index in [1.807, 2.05) is 25.5 Å². The van der Waals surface area contributed by atoms with Crippen molar-refractivity contribution in [2.45, 2.75) is 25.6 Å². The quantitative estimate of drug-likeness (QED) is 0.335. The number of ether oxygens (including phenoxy) is 2. The zero-order chi connectivity index (χ0) is 19.9. The molecule has 1 fully saturated rings. The summed E-state index contributed by atoms with van der Waals surface area (Å²) in [5, 5.41) is 11.1. The number of guanidine groups is 1. The van der Waals surface area contributed by atoms with Gasteiger partial charge in [-0.1, -0.05) is 0 Å². The Hall–Kier alpha value is -2.01. The zero-order valence-corrected chi connectivity index (χ0v) is 19.8. The molecule has 0 bridgehead atoms. The van der Waals surface area contributed by atoms with E-state index < -0.39 is 0 Å². The van der Waals surface area contributed by atoms with E-state index in [9.17, 15) is 0 Å². The Kier molecular flexibility index (Phi) is 9.02. The maximum atomic E-state index is 5.37. The number of likely N-dealkylation sites (tertiary alicyclic amines) is 1. The molecule has 0 aliphatic carbocycles. The number of nitrogens with one attached hydrogen (secondary N) is 2. The number of aliphatic imine (C=N–C) groups is 1. The van der Waals surface area contributed by atoms with E-state index in [1.54, 1.807) is 25.9 Å². The highest BCUT2D eigenvalue weighted by atomic mass is 127. The van der Waals surface area contributed by atoms with Gasteiger partial charge in [-0.05, 0) is 24.1 Å². The highest BCUT2D eigenvalue weighted by Gasteiger charge is 2.23. The molecule has 1 aliphatic rings. The van der Waals surface area contributed by atoms with Gasteiger partial charge in [-0.15, -0.1) is 24.0 Å². The molecule has 2 aromatic rings. The Morgan fingerprint density at radius 2 is 1.93 bits per heavy atom. The zero-order valence-electron chi connectivity index (χ0n) is 17.5. The summed E-state index contributed by atoms with van der Waals surface area (Å²) < 4.78 is 12.5. The molecular weight excluding hydrogens is 483 g/mol. The Balaban J connectivity index is 0.00000300. The van der Waals surface area contributed by atoms with Gasteiger partial charge in [0.25, 0.3) is 0 Å². The second-order valence-electron chi connectivity index (χ2n) is 7.03. The number of methoxy groups -OCH3 is 2. The van der Waals surface area contributed by atoms with E-state index in [4.69, 9.17) is 9.47 Å². The van der Waals surface area contributed by atoms with Crippen LogP contribution in [-0.4, -0.2) is 61.0 Å². The molecule has 3 rings (SSSR count). The van der Waals surface area contributed by atoms with Gasteiger partial charge in [0.15, 0.2) is 5.96 Å². The lowest BCUT2D eigenvalue weighted by Crippen LogP contribution is -2.44. The summed E-state index contributed by atoms with van der Waals surface area (Å²) in [6, 6.07) is 6.40. The Labute approximate surface area is 189 Å². The maximum Gasteiger partial charge on any atom is 0.191 e. The molecule has 0 amide bonds. The normalized spacial score (nSPS) is 17.0. The lowest BCUT2D eigenvalue weighted by molar-refractivity contribution is 0.321. The maximum absolute atomic E-state index is 5.37. The predicted molar refractivity (Wildman–Crippen MR) is 125 cm³/mol. The van der Waals surface area contributed by atoms with E-state index >= 15 is 0 Å². The molecule has 1 aromatic carbocycles. The molecule has 1 saturated heterocycles. The average Bonchev–Trinajstić information content (AvgIpc) is 3.33. The number of halogens is 1. The minimum absolute atomic E-state index is 0. The molecule has 1 aromatic heterocycles. The Morgan fingerprint density at radius 3 is 2.52 bits per heavy atom. The van der Waals surface area contributed by atoms with Gasteiger partial charge in [-0.25, -0.2) is 0 Å². The standard InChI is InChI=1S/C20H30N6O2.HI/c1-21-20(22-10-16-11-23-25(2)12-16)24-17-5-6-26(14-17)13-15-7-18(27-3)9-19(8-15)28-4;/h7-9,11-12,17H,5-6,10,13-14H2,1-4H3,(H2,21,22,24);1H. The van der Waals surface area contributed by atoms with Crippen molar-refractivity contribution in [2.24, 2.45) is 12.0 Å². The molecule has 160 valence electrons.